The minimum atomic E-state index is -0.395. The van der Waals surface area contributed by atoms with E-state index in [1.54, 1.807) is 26.4 Å². The van der Waals surface area contributed by atoms with Gasteiger partial charge in [-0.1, -0.05) is 17.3 Å². The Morgan fingerprint density at radius 2 is 1.68 bits per heavy atom. The Kier molecular flexibility index (Phi) is 5.43. The van der Waals surface area contributed by atoms with Gasteiger partial charge < -0.3 is 29.2 Å². The second-order valence-corrected chi connectivity index (χ2v) is 8.54. The highest BCUT2D eigenvalue weighted by atomic mass is 16.5. The summed E-state index contributed by atoms with van der Waals surface area (Å²) in [6.45, 7) is 1.85. The maximum absolute atomic E-state index is 13.6. The molecule has 8 nitrogen and oxygen atoms in total. The van der Waals surface area contributed by atoms with E-state index in [9.17, 15) is 9.90 Å². The van der Waals surface area contributed by atoms with Gasteiger partial charge in [-0.25, -0.2) is 0 Å². The monoisotopic (exact) mass is 462 g/mol. The average Bonchev–Trinajstić information content (AvgIpc) is 3.22. The molecule has 0 saturated heterocycles. The molecule has 0 unspecified atom stereocenters. The van der Waals surface area contributed by atoms with Crippen LogP contribution in [0.1, 0.15) is 47.1 Å². The lowest BCUT2D eigenvalue weighted by atomic mass is 9.72. The molecule has 2 atom stereocenters. The van der Waals surface area contributed by atoms with E-state index in [2.05, 4.69) is 10.5 Å². The molecule has 0 bridgehead atoms. The molecule has 1 aromatic heterocycles. The third kappa shape index (κ3) is 3.46. The summed E-state index contributed by atoms with van der Waals surface area (Å²) < 4.78 is 21.6. The third-order valence-electron chi connectivity index (χ3n) is 6.67. The topological polar surface area (TPSA) is 103 Å². The zero-order valence-corrected chi connectivity index (χ0v) is 19.5. The maximum Gasteiger partial charge on any atom is 0.233 e. The van der Waals surface area contributed by atoms with Crippen LogP contribution in [-0.4, -0.2) is 37.4 Å². The van der Waals surface area contributed by atoms with E-state index in [-0.39, 0.29) is 17.5 Å². The van der Waals surface area contributed by atoms with Gasteiger partial charge in [0, 0.05) is 23.6 Å². The normalized spacial score (nSPS) is 19.2. The Morgan fingerprint density at radius 1 is 0.971 bits per heavy atom. The predicted octanol–water partition coefficient (Wildman–Crippen LogP) is 4.67. The van der Waals surface area contributed by atoms with Crippen molar-refractivity contribution in [2.75, 3.05) is 26.6 Å². The number of phenolic OH excluding ortho intramolecular Hbond substituents is 1. The van der Waals surface area contributed by atoms with Crippen LogP contribution in [0.4, 0.5) is 5.88 Å². The Bertz CT molecular complexity index is 1310. The Hall–Kier alpha value is -3.94. The number of nitrogens with one attached hydrogen (secondary N) is 1. The van der Waals surface area contributed by atoms with E-state index in [4.69, 9.17) is 18.7 Å². The van der Waals surface area contributed by atoms with Crippen molar-refractivity contribution in [2.24, 2.45) is 0 Å². The molecule has 2 N–H and O–H groups in total. The number of allylic oxidation sites excluding steroid dienone is 2. The number of rotatable bonds is 5. The number of Topliss-reactive ketones (excluding diaryl/α,β-unsaturated/α-hetero) is 1. The van der Waals surface area contributed by atoms with Crippen molar-refractivity contribution in [1.82, 2.24) is 5.16 Å². The summed E-state index contributed by atoms with van der Waals surface area (Å²) in [4.78, 5) is 13.6. The SMILES string of the molecule is COc1ccc([C@@H]2C3=C(C[C@@H](c4ccc(OC)c(OC)c4)CC3=O)Nc3onc(C)c32)cc1O. The fourth-order valence-electron chi connectivity index (χ4n) is 5.03. The molecule has 176 valence electrons. The first-order valence-corrected chi connectivity index (χ1v) is 11.0. The number of anilines is 1. The number of carbonyl (C=O) groups excluding carboxylic acids is 1. The second kappa shape index (κ2) is 8.44. The van der Waals surface area contributed by atoms with E-state index in [0.717, 1.165) is 22.4 Å². The van der Waals surface area contributed by atoms with Crippen molar-refractivity contribution in [3.8, 4) is 23.0 Å². The van der Waals surface area contributed by atoms with E-state index in [1.807, 2.05) is 31.2 Å². The summed E-state index contributed by atoms with van der Waals surface area (Å²) >= 11 is 0. The summed E-state index contributed by atoms with van der Waals surface area (Å²) in [7, 11) is 4.69. The van der Waals surface area contributed by atoms with Crippen LogP contribution in [0.25, 0.3) is 0 Å². The van der Waals surface area contributed by atoms with Crippen molar-refractivity contribution in [3.63, 3.8) is 0 Å². The van der Waals surface area contributed by atoms with Crippen LogP contribution in [0.3, 0.4) is 0 Å². The molecule has 0 spiro atoms. The number of ketones is 1. The number of phenols is 1. The number of hydrogen-bond donors (Lipinski definition) is 2. The standard InChI is InChI=1S/C26H26N2O6/c1-13-23-24(15-6-7-20(31-2)18(29)10-15)25-17(27-26(23)34-28-13)9-16(11-19(25)30)14-5-8-21(32-3)22(12-14)33-4/h5-8,10,12,16,24,27,29H,9,11H2,1-4H3/t16-,24+/m1/s1. The van der Waals surface area contributed by atoms with E-state index >= 15 is 0 Å². The zero-order chi connectivity index (χ0) is 24.0. The number of benzene rings is 2. The fourth-order valence-corrected chi connectivity index (χ4v) is 5.03. The van der Waals surface area contributed by atoms with Crippen LogP contribution in [0, 0.1) is 6.92 Å². The number of aryl methyl sites for hydroxylation is 1. The Morgan fingerprint density at radius 3 is 2.38 bits per heavy atom. The minimum Gasteiger partial charge on any atom is -0.504 e. The van der Waals surface area contributed by atoms with Gasteiger partial charge in [-0.2, -0.15) is 0 Å². The molecule has 1 aliphatic carbocycles. The third-order valence-corrected chi connectivity index (χ3v) is 6.67. The number of methoxy groups -OCH3 is 3. The van der Waals surface area contributed by atoms with E-state index in [1.165, 1.54) is 7.11 Å². The van der Waals surface area contributed by atoms with Gasteiger partial charge in [0.1, 0.15) is 0 Å². The lowest BCUT2D eigenvalue weighted by Crippen LogP contribution is -2.29. The molecule has 1 aliphatic heterocycles. The lowest BCUT2D eigenvalue weighted by molar-refractivity contribution is -0.116. The molecular weight excluding hydrogens is 436 g/mol. The van der Waals surface area contributed by atoms with Crippen molar-refractivity contribution in [1.29, 1.82) is 0 Å². The van der Waals surface area contributed by atoms with Crippen LogP contribution in [0.15, 0.2) is 52.2 Å². The Labute approximate surface area is 197 Å². The van der Waals surface area contributed by atoms with Gasteiger partial charge in [0.25, 0.3) is 0 Å². The highest BCUT2D eigenvalue weighted by molar-refractivity contribution is 6.01. The molecule has 2 heterocycles. The van der Waals surface area contributed by atoms with Crippen molar-refractivity contribution >= 4 is 11.7 Å². The van der Waals surface area contributed by atoms with Gasteiger partial charge in [0.05, 0.1) is 32.6 Å². The highest BCUT2D eigenvalue weighted by Crippen LogP contribution is 2.50. The average molecular weight is 463 g/mol. The fraction of sp³-hybridized carbons (Fsp3) is 0.308. The summed E-state index contributed by atoms with van der Waals surface area (Å²) in [6.07, 6.45) is 0.975. The number of aromatic nitrogens is 1. The quantitative estimate of drug-likeness (QED) is 0.564. The van der Waals surface area contributed by atoms with Gasteiger partial charge in [-0.05, 0) is 54.7 Å². The number of nitrogens with zero attached hydrogens (tertiary/aromatic N) is 1. The molecular formula is C26H26N2O6. The predicted molar refractivity (Wildman–Crippen MR) is 125 cm³/mol. The maximum atomic E-state index is 13.6. The molecule has 8 heteroatoms. The van der Waals surface area contributed by atoms with Crippen LogP contribution >= 0.6 is 0 Å². The zero-order valence-electron chi connectivity index (χ0n) is 19.5. The largest absolute Gasteiger partial charge is 0.504 e. The van der Waals surface area contributed by atoms with Crippen molar-refractivity contribution in [3.05, 3.63) is 70.1 Å². The Balaban J connectivity index is 1.58. The molecule has 34 heavy (non-hydrogen) atoms. The van der Waals surface area contributed by atoms with E-state index in [0.29, 0.717) is 47.2 Å². The molecule has 3 aromatic rings. The van der Waals surface area contributed by atoms with Crippen LogP contribution in [0.5, 0.6) is 23.0 Å². The van der Waals surface area contributed by atoms with Crippen molar-refractivity contribution < 1.29 is 28.6 Å². The summed E-state index contributed by atoms with van der Waals surface area (Å²) in [5.74, 6) is 1.80. The number of ether oxygens (including phenoxy) is 3. The van der Waals surface area contributed by atoms with Crippen LogP contribution in [0.2, 0.25) is 0 Å². The molecule has 0 amide bonds. The van der Waals surface area contributed by atoms with Gasteiger partial charge in [0.2, 0.25) is 5.88 Å². The van der Waals surface area contributed by atoms with Gasteiger partial charge >= 0.3 is 0 Å². The number of hydrogen-bond acceptors (Lipinski definition) is 8. The molecule has 2 aromatic carbocycles. The van der Waals surface area contributed by atoms with Gasteiger partial charge in [-0.3, -0.25) is 4.79 Å². The first-order valence-electron chi connectivity index (χ1n) is 11.0. The summed E-state index contributed by atoms with van der Waals surface area (Å²) in [6, 6.07) is 11.0. The second-order valence-electron chi connectivity index (χ2n) is 8.54. The first-order chi connectivity index (χ1) is 16.4. The molecule has 0 fully saturated rings. The minimum absolute atomic E-state index is 0.0165. The number of carbonyl (C=O) groups is 1. The van der Waals surface area contributed by atoms with Crippen LogP contribution in [-0.2, 0) is 4.79 Å². The molecule has 5 rings (SSSR count). The summed E-state index contributed by atoms with van der Waals surface area (Å²) in [5.41, 5.74) is 4.76. The first kappa shape index (κ1) is 21.9. The smallest absolute Gasteiger partial charge is 0.233 e. The highest BCUT2D eigenvalue weighted by Gasteiger charge is 2.41. The number of fused-ring (bicyclic) bond motifs is 1. The van der Waals surface area contributed by atoms with Crippen LogP contribution < -0.4 is 19.5 Å². The molecule has 2 aliphatic rings. The number of aromatic hydroxyl groups is 1. The van der Waals surface area contributed by atoms with Gasteiger partial charge in [0.15, 0.2) is 28.8 Å². The molecule has 0 radical (unpaired) electrons. The van der Waals surface area contributed by atoms with E-state index < -0.39 is 5.92 Å². The lowest BCUT2D eigenvalue weighted by Gasteiger charge is -2.34. The van der Waals surface area contributed by atoms with Gasteiger partial charge in [-0.15, -0.1) is 0 Å². The van der Waals surface area contributed by atoms with Crippen molar-refractivity contribution in [2.45, 2.75) is 31.6 Å². The molecule has 0 saturated carbocycles. The summed E-state index contributed by atoms with van der Waals surface area (Å²) in [5, 5.41) is 17.9.